The van der Waals surface area contributed by atoms with E-state index in [4.69, 9.17) is 17.3 Å². The number of halogens is 1. The number of amides is 3. The number of aliphatic hydroxyl groups excluding tert-OH is 1. The summed E-state index contributed by atoms with van der Waals surface area (Å²) < 4.78 is 4.65. The summed E-state index contributed by atoms with van der Waals surface area (Å²) in [6.07, 6.45) is -0.531. The number of carbonyl (C=O) groups excluding carboxylic acids is 4. The van der Waals surface area contributed by atoms with E-state index in [1.54, 1.807) is 0 Å². The molecule has 180 valence electrons. The van der Waals surface area contributed by atoms with Crippen LogP contribution in [0, 0.1) is 5.41 Å². The van der Waals surface area contributed by atoms with Gasteiger partial charge in [-0.05, 0) is 36.5 Å². The van der Waals surface area contributed by atoms with Crippen LogP contribution >= 0.6 is 11.6 Å². The van der Waals surface area contributed by atoms with Crippen LogP contribution in [0.1, 0.15) is 50.4 Å². The number of esters is 1. The fourth-order valence-corrected chi connectivity index (χ4v) is 4.13. The number of anilines is 1. The van der Waals surface area contributed by atoms with Crippen LogP contribution in [0.5, 0.6) is 0 Å². The van der Waals surface area contributed by atoms with E-state index < -0.39 is 53.5 Å². The van der Waals surface area contributed by atoms with Gasteiger partial charge < -0.3 is 31.1 Å². The molecule has 4 atom stereocenters. The molecule has 11 heteroatoms. The Hall–Kier alpha value is -2.85. The summed E-state index contributed by atoms with van der Waals surface area (Å²) in [5, 5.41) is 15.4. The van der Waals surface area contributed by atoms with Crippen molar-refractivity contribution in [2.24, 2.45) is 5.41 Å². The van der Waals surface area contributed by atoms with Crippen LogP contribution in [0.3, 0.4) is 0 Å². The van der Waals surface area contributed by atoms with Gasteiger partial charge in [0.25, 0.3) is 5.91 Å². The maximum atomic E-state index is 13.5. The third-order valence-electron chi connectivity index (χ3n) is 5.80. The van der Waals surface area contributed by atoms with Gasteiger partial charge >= 0.3 is 5.97 Å². The number of nitrogens with two attached hydrogens (primary N) is 1. The van der Waals surface area contributed by atoms with E-state index in [-0.39, 0.29) is 17.0 Å². The molecular formula is C22H29ClN4O6. The number of hydrogen-bond acceptors (Lipinski definition) is 7. The standard InChI is InChI=1S/C22H29ClN4O6/c1-22(2,3)17(26-18(29)11-6-7-13(24)12(23)9-11)20(31)27-8-4-5-15(27)19(30)25-14-10-16(28)33-21(14)32/h6-7,9,14-15,17,21,32H,4-5,8,10,24H2,1-3H3,(H,25,30)(H,26,29)/t14-,15-,17-,21?/m1/s1. The third kappa shape index (κ3) is 5.56. The molecule has 3 amide bonds. The highest BCUT2D eigenvalue weighted by Gasteiger charge is 2.43. The molecule has 0 bridgehead atoms. The molecule has 0 saturated carbocycles. The number of rotatable bonds is 5. The molecule has 2 aliphatic heterocycles. The topological polar surface area (TPSA) is 151 Å². The quantitative estimate of drug-likeness (QED) is 0.359. The molecular weight excluding hydrogens is 452 g/mol. The number of nitrogens with one attached hydrogen (secondary N) is 2. The van der Waals surface area contributed by atoms with Crippen LogP contribution in [-0.2, 0) is 19.1 Å². The SMILES string of the molecule is CC(C)(C)[C@H](NC(=O)c1ccc(N)c(Cl)c1)C(=O)N1CCC[C@@H]1C(=O)N[C@@H]1CC(=O)OC1O. The minimum Gasteiger partial charge on any atom is -0.434 e. The fraction of sp³-hybridized carbons (Fsp3) is 0.545. The molecule has 2 heterocycles. The number of nitrogen functional groups attached to an aromatic ring is 1. The Morgan fingerprint density at radius 1 is 1.30 bits per heavy atom. The van der Waals surface area contributed by atoms with Crippen molar-refractivity contribution in [2.45, 2.75) is 64.4 Å². The van der Waals surface area contributed by atoms with Gasteiger partial charge in [0.2, 0.25) is 18.1 Å². The van der Waals surface area contributed by atoms with Gasteiger partial charge in [-0.1, -0.05) is 32.4 Å². The number of carbonyl (C=O) groups is 4. The highest BCUT2D eigenvalue weighted by molar-refractivity contribution is 6.33. The van der Waals surface area contributed by atoms with E-state index in [2.05, 4.69) is 15.4 Å². The lowest BCUT2D eigenvalue weighted by Crippen LogP contribution is -2.58. The predicted octanol–water partition coefficient (Wildman–Crippen LogP) is 0.808. The number of aliphatic hydroxyl groups is 1. The third-order valence-corrected chi connectivity index (χ3v) is 6.13. The summed E-state index contributed by atoms with van der Waals surface area (Å²) in [5.41, 5.74) is 5.64. The summed E-state index contributed by atoms with van der Waals surface area (Å²) in [5.74, 6) is -1.97. The summed E-state index contributed by atoms with van der Waals surface area (Å²) in [6.45, 7) is 5.79. The number of ether oxygens (including phenoxy) is 1. The maximum absolute atomic E-state index is 13.5. The minimum atomic E-state index is -1.42. The smallest absolute Gasteiger partial charge is 0.310 e. The first kappa shape index (κ1) is 24.8. The first-order valence-electron chi connectivity index (χ1n) is 10.7. The summed E-state index contributed by atoms with van der Waals surface area (Å²) in [7, 11) is 0. The van der Waals surface area contributed by atoms with Crippen molar-refractivity contribution in [3.63, 3.8) is 0 Å². The molecule has 0 aromatic heterocycles. The highest BCUT2D eigenvalue weighted by atomic mass is 35.5. The lowest BCUT2D eigenvalue weighted by molar-refractivity contribution is -0.155. The first-order chi connectivity index (χ1) is 15.4. The molecule has 10 nitrogen and oxygen atoms in total. The van der Waals surface area contributed by atoms with Crippen LogP contribution in [-0.4, -0.2) is 64.7 Å². The van der Waals surface area contributed by atoms with Crippen molar-refractivity contribution in [3.8, 4) is 0 Å². The van der Waals surface area contributed by atoms with Crippen molar-refractivity contribution in [3.05, 3.63) is 28.8 Å². The second kappa shape index (κ2) is 9.56. The minimum absolute atomic E-state index is 0.140. The molecule has 0 aliphatic carbocycles. The largest absolute Gasteiger partial charge is 0.434 e. The van der Waals surface area contributed by atoms with Gasteiger partial charge in [0.15, 0.2) is 0 Å². The Balaban J connectivity index is 1.75. The van der Waals surface area contributed by atoms with Crippen molar-refractivity contribution in [2.75, 3.05) is 12.3 Å². The molecule has 0 spiro atoms. The van der Waals surface area contributed by atoms with Crippen molar-refractivity contribution in [1.82, 2.24) is 15.5 Å². The van der Waals surface area contributed by atoms with Gasteiger partial charge in [0, 0.05) is 12.1 Å². The Bertz CT molecular complexity index is 963. The lowest BCUT2D eigenvalue weighted by Gasteiger charge is -2.35. The lowest BCUT2D eigenvalue weighted by atomic mass is 9.85. The van der Waals surface area contributed by atoms with Crippen LogP contribution in [0.25, 0.3) is 0 Å². The Labute approximate surface area is 196 Å². The summed E-state index contributed by atoms with van der Waals surface area (Å²) >= 11 is 6.02. The van der Waals surface area contributed by atoms with E-state index in [9.17, 15) is 24.3 Å². The number of hydrogen-bond donors (Lipinski definition) is 4. The second-order valence-electron chi connectivity index (χ2n) is 9.40. The summed E-state index contributed by atoms with van der Waals surface area (Å²) in [4.78, 5) is 52.0. The van der Waals surface area contributed by atoms with Gasteiger partial charge in [-0.25, -0.2) is 0 Å². The zero-order chi connectivity index (χ0) is 24.5. The molecule has 3 rings (SSSR count). The zero-order valence-corrected chi connectivity index (χ0v) is 19.5. The Morgan fingerprint density at radius 2 is 2.00 bits per heavy atom. The van der Waals surface area contributed by atoms with Crippen molar-refractivity contribution >= 4 is 41.0 Å². The first-order valence-corrected chi connectivity index (χ1v) is 11.1. The molecule has 1 aromatic carbocycles. The van der Waals surface area contributed by atoms with Crippen LogP contribution in [0.2, 0.25) is 5.02 Å². The molecule has 2 saturated heterocycles. The second-order valence-corrected chi connectivity index (χ2v) is 9.81. The van der Waals surface area contributed by atoms with Crippen LogP contribution < -0.4 is 16.4 Å². The molecule has 0 radical (unpaired) electrons. The maximum Gasteiger partial charge on any atom is 0.310 e. The number of cyclic esters (lactones) is 1. The average molecular weight is 481 g/mol. The summed E-state index contributed by atoms with van der Waals surface area (Å²) in [6, 6.07) is 1.89. The van der Waals surface area contributed by atoms with Gasteiger partial charge in [-0.2, -0.15) is 0 Å². The van der Waals surface area contributed by atoms with Crippen molar-refractivity contribution < 1.29 is 29.0 Å². The van der Waals surface area contributed by atoms with E-state index in [1.165, 1.54) is 23.1 Å². The molecule has 2 fully saturated rings. The van der Waals surface area contributed by atoms with Gasteiger partial charge in [0.1, 0.15) is 18.1 Å². The molecule has 1 unspecified atom stereocenters. The van der Waals surface area contributed by atoms with Gasteiger partial charge in [-0.15, -0.1) is 0 Å². The van der Waals surface area contributed by atoms with E-state index in [0.717, 1.165) is 0 Å². The Morgan fingerprint density at radius 3 is 2.58 bits per heavy atom. The van der Waals surface area contributed by atoms with Gasteiger partial charge in [-0.3, -0.25) is 19.2 Å². The fourth-order valence-electron chi connectivity index (χ4n) is 3.95. The van der Waals surface area contributed by atoms with Crippen molar-refractivity contribution in [1.29, 1.82) is 0 Å². The number of likely N-dealkylation sites (tertiary alicyclic amines) is 1. The normalized spacial score (nSPS) is 23.7. The highest BCUT2D eigenvalue weighted by Crippen LogP contribution is 2.27. The number of nitrogens with zero attached hydrogens (tertiary/aromatic N) is 1. The Kier molecular flexibility index (Phi) is 7.18. The van der Waals surface area contributed by atoms with Crippen LogP contribution in [0.15, 0.2) is 18.2 Å². The van der Waals surface area contributed by atoms with Gasteiger partial charge in [0.05, 0.1) is 17.1 Å². The molecule has 2 aliphatic rings. The monoisotopic (exact) mass is 480 g/mol. The number of benzene rings is 1. The van der Waals surface area contributed by atoms with E-state index in [0.29, 0.717) is 25.1 Å². The zero-order valence-electron chi connectivity index (χ0n) is 18.8. The van der Waals surface area contributed by atoms with Crippen LogP contribution in [0.4, 0.5) is 5.69 Å². The molecule has 33 heavy (non-hydrogen) atoms. The van der Waals surface area contributed by atoms with E-state index >= 15 is 0 Å². The predicted molar refractivity (Wildman–Crippen MR) is 120 cm³/mol. The van der Waals surface area contributed by atoms with E-state index in [1.807, 2.05) is 20.8 Å². The molecule has 1 aromatic rings. The molecule has 5 N–H and O–H groups in total. The average Bonchev–Trinajstić information content (AvgIpc) is 3.33.